The first kappa shape index (κ1) is 13.1. The molecule has 0 spiro atoms. The lowest BCUT2D eigenvalue weighted by molar-refractivity contribution is -0.140. The highest BCUT2D eigenvalue weighted by atomic mass is 16.2. The molecule has 1 atom stereocenters. The Morgan fingerprint density at radius 1 is 1.32 bits per heavy atom. The maximum Gasteiger partial charge on any atom is 0.253 e. The molecule has 2 amide bonds. The second-order valence-electron chi connectivity index (χ2n) is 4.53. The molecule has 1 aromatic rings. The second kappa shape index (κ2) is 5.13. The van der Waals surface area contributed by atoms with Crippen LogP contribution in [0, 0.1) is 0 Å². The molecule has 7 nitrogen and oxygen atoms in total. The van der Waals surface area contributed by atoms with Gasteiger partial charge in [-0.15, -0.1) is 5.10 Å². The van der Waals surface area contributed by atoms with Crippen molar-refractivity contribution in [3.05, 3.63) is 24.0 Å². The predicted octanol–water partition coefficient (Wildman–Crippen LogP) is -0.370. The van der Waals surface area contributed by atoms with Crippen LogP contribution in [0.5, 0.6) is 0 Å². The molecule has 7 heteroatoms. The van der Waals surface area contributed by atoms with Crippen molar-refractivity contribution in [2.75, 3.05) is 0 Å². The Morgan fingerprint density at radius 2 is 1.95 bits per heavy atom. The first-order chi connectivity index (χ1) is 8.97. The highest BCUT2D eigenvalue weighted by Crippen LogP contribution is 2.16. The zero-order chi connectivity index (χ0) is 14.0. The van der Waals surface area contributed by atoms with Crippen molar-refractivity contribution < 1.29 is 14.4 Å². The molecule has 0 aliphatic carbocycles. The first-order valence-corrected chi connectivity index (χ1v) is 5.87. The number of imide groups is 1. The maximum absolute atomic E-state index is 11.7. The Kier molecular flexibility index (Phi) is 3.55. The molecule has 100 valence electrons. The van der Waals surface area contributed by atoms with Crippen LogP contribution in [-0.4, -0.2) is 43.5 Å². The third-order valence-corrected chi connectivity index (χ3v) is 2.83. The third-order valence-electron chi connectivity index (χ3n) is 2.83. The van der Waals surface area contributed by atoms with E-state index in [9.17, 15) is 14.4 Å². The molecule has 0 radical (unpaired) electrons. The van der Waals surface area contributed by atoms with Gasteiger partial charge in [-0.05, 0) is 6.92 Å². The van der Waals surface area contributed by atoms with Gasteiger partial charge in [-0.1, -0.05) is 5.21 Å². The van der Waals surface area contributed by atoms with Gasteiger partial charge in [0.05, 0.1) is 11.7 Å². The summed E-state index contributed by atoms with van der Waals surface area (Å²) in [6.07, 6.45) is 4.58. The van der Waals surface area contributed by atoms with Crippen molar-refractivity contribution in [3.63, 3.8) is 0 Å². The van der Waals surface area contributed by atoms with E-state index in [0.29, 0.717) is 12.1 Å². The van der Waals surface area contributed by atoms with Crippen molar-refractivity contribution in [2.45, 2.75) is 25.8 Å². The van der Waals surface area contributed by atoms with Gasteiger partial charge in [0, 0.05) is 38.2 Å². The Bertz CT molecular complexity index is 543. The van der Waals surface area contributed by atoms with E-state index in [1.165, 1.54) is 23.8 Å². The molecular weight excluding hydrogens is 248 g/mol. The molecule has 1 unspecified atom stereocenters. The van der Waals surface area contributed by atoms with Crippen LogP contribution in [0.3, 0.4) is 0 Å². The fraction of sp³-hybridized carbons (Fsp3) is 0.417. The van der Waals surface area contributed by atoms with E-state index in [4.69, 9.17) is 0 Å². The van der Waals surface area contributed by atoms with Crippen molar-refractivity contribution >= 4 is 17.6 Å². The van der Waals surface area contributed by atoms with E-state index >= 15 is 0 Å². The number of carbonyl (C=O) groups is 3. The van der Waals surface area contributed by atoms with Crippen molar-refractivity contribution in [1.29, 1.82) is 0 Å². The van der Waals surface area contributed by atoms with Gasteiger partial charge in [0.15, 0.2) is 0 Å². The van der Waals surface area contributed by atoms with E-state index in [2.05, 4.69) is 10.3 Å². The number of ketones is 1. The number of carbonyl (C=O) groups excluding carboxylic acids is 3. The quantitative estimate of drug-likeness (QED) is 0.676. The lowest BCUT2D eigenvalue weighted by Gasteiger charge is -2.24. The molecule has 0 saturated heterocycles. The fourth-order valence-corrected chi connectivity index (χ4v) is 2.09. The Balaban J connectivity index is 2.18. The average molecular weight is 262 g/mol. The molecule has 1 aromatic heterocycles. The highest BCUT2D eigenvalue weighted by molar-refractivity contribution is 6.13. The maximum atomic E-state index is 11.7. The SMILES string of the molecule is CC(=O)CC(Cc1cn(C)nn1)N1C(=O)C=CC1=O. The van der Waals surface area contributed by atoms with Crippen LogP contribution < -0.4 is 0 Å². The molecule has 1 aliphatic heterocycles. The molecule has 0 fully saturated rings. The van der Waals surface area contributed by atoms with Gasteiger partial charge < -0.3 is 0 Å². The van der Waals surface area contributed by atoms with Gasteiger partial charge in [-0.3, -0.25) is 24.0 Å². The van der Waals surface area contributed by atoms with Gasteiger partial charge in [0.2, 0.25) is 0 Å². The molecule has 0 bridgehead atoms. The normalized spacial score (nSPS) is 16.2. The average Bonchev–Trinajstić information content (AvgIpc) is 2.84. The molecule has 2 rings (SSSR count). The van der Waals surface area contributed by atoms with Crippen LogP contribution in [0.15, 0.2) is 18.3 Å². The molecule has 1 aliphatic rings. The lowest BCUT2D eigenvalue weighted by Crippen LogP contribution is -2.42. The minimum atomic E-state index is -0.510. The van der Waals surface area contributed by atoms with Gasteiger partial charge in [0.1, 0.15) is 5.78 Å². The monoisotopic (exact) mass is 262 g/mol. The number of aryl methyl sites for hydroxylation is 1. The van der Waals surface area contributed by atoms with Crippen LogP contribution >= 0.6 is 0 Å². The smallest absolute Gasteiger partial charge is 0.253 e. The van der Waals surface area contributed by atoms with Gasteiger partial charge >= 0.3 is 0 Å². The van der Waals surface area contributed by atoms with Crippen molar-refractivity contribution in [1.82, 2.24) is 19.9 Å². The number of hydrogen-bond acceptors (Lipinski definition) is 5. The topological polar surface area (TPSA) is 85.2 Å². The summed E-state index contributed by atoms with van der Waals surface area (Å²) in [4.78, 5) is 35.8. The number of amides is 2. The Morgan fingerprint density at radius 3 is 2.42 bits per heavy atom. The molecular formula is C12H14N4O3. The van der Waals surface area contributed by atoms with Gasteiger partial charge in [0.25, 0.3) is 11.8 Å². The zero-order valence-corrected chi connectivity index (χ0v) is 10.7. The van der Waals surface area contributed by atoms with E-state index < -0.39 is 6.04 Å². The van der Waals surface area contributed by atoms with Crippen LogP contribution in [0.25, 0.3) is 0 Å². The highest BCUT2D eigenvalue weighted by Gasteiger charge is 2.32. The van der Waals surface area contributed by atoms with Crippen molar-refractivity contribution in [3.8, 4) is 0 Å². The lowest BCUT2D eigenvalue weighted by atomic mass is 10.0. The number of aromatic nitrogens is 3. The zero-order valence-electron chi connectivity index (χ0n) is 10.7. The summed E-state index contributed by atoms with van der Waals surface area (Å²) >= 11 is 0. The third kappa shape index (κ3) is 2.93. The summed E-state index contributed by atoms with van der Waals surface area (Å²) in [6, 6.07) is -0.510. The van der Waals surface area contributed by atoms with E-state index in [1.807, 2.05) is 0 Å². The van der Waals surface area contributed by atoms with Crippen LogP contribution in [0.1, 0.15) is 19.0 Å². The summed E-state index contributed by atoms with van der Waals surface area (Å²) in [5.41, 5.74) is 0.640. The van der Waals surface area contributed by atoms with Crippen molar-refractivity contribution in [2.24, 2.45) is 7.05 Å². The van der Waals surface area contributed by atoms with E-state index in [0.717, 1.165) is 4.90 Å². The summed E-state index contributed by atoms with van der Waals surface area (Å²) in [5, 5.41) is 7.71. The standard InChI is InChI=1S/C12H14N4O3/c1-8(17)5-10(6-9-7-15(2)14-13-9)16-11(18)3-4-12(16)19/h3-4,7,10H,5-6H2,1-2H3. The van der Waals surface area contributed by atoms with E-state index in [1.54, 1.807) is 13.2 Å². The molecule has 2 heterocycles. The Labute approximate surface area is 109 Å². The van der Waals surface area contributed by atoms with Crippen LogP contribution in [0.2, 0.25) is 0 Å². The van der Waals surface area contributed by atoms with E-state index in [-0.39, 0.29) is 24.0 Å². The second-order valence-corrected chi connectivity index (χ2v) is 4.53. The number of hydrogen-bond donors (Lipinski definition) is 0. The van der Waals surface area contributed by atoms with Gasteiger partial charge in [-0.2, -0.15) is 0 Å². The summed E-state index contributed by atoms with van der Waals surface area (Å²) in [7, 11) is 1.73. The minimum absolute atomic E-state index is 0.0820. The molecule has 0 saturated carbocycles. The first-order valence-electron chi connectivity index (χ1n) is 5.87. The number of Topliss-reactive ketones (excluding diaryl/α,β-unsaturated/α-hetero) is 1. The Hall–Kier alpha value is -2.31. The van der Waals surface area contributed by atoms with Gasteiger partial charge in [-0.25, -0.2) is 0 Å². The van der Waals surface area contributed by atoms with Crippen LogP contribution in [0.4, 0.5) is 0 Å². The summed E-state index contributed by atoms with van der Waals surface area (Å²) in [6.45, 7) is 1.43. The summed E-state index contributed by atoms with van der Waals surface area (Å²) in [5.74, 6) is -0.860. The summed E-state index contributed by atoms with van der Waals surface area (Å²) < 4.78 is 1.53. The fourth-order valence-electron chi connectivity index (χ4n) is 2.09. The predicted molar refractivity (Wildman–Crippen MR) is 64.8 cm³/mol. The molecule has 0 N–H and O–H groups in total. The molecule has 19 heavy (non-hydrogen) atoms. The number of rotatable bonds is 5. The largest absolute Gasteiger partial charge is 0.300 e. The molecule has 0 aromatic carbocycles. The minimum Gasteiger partial charge on any atom is -0.300 e. The van der Waals surface area contributed by atoms with Crippen LogP contribution in [-0.2, 0) is 27.9 Å². The number of nitrogens with zero attached hydrogens (tertiary/aromatic N) is 4.